The van der Waals surface area contributed by atoms with E-state index in [0.717, 1.165) is 5.92 Å². The summed E-state index contributed by atoms with van der Waals surface area (Å²) in [5, 5.41) is 0. The molecule has 2 atom stereocenters. The zero-order valence-electron chi connectivity index (χ0n) is 5.56. The molecule has 1 nitrogen and oxygen atoms in total. The Labute approximate surface area is 51.3 Å². The first-order valence-electron chi connectivity index (χ1n) is 3.60. The van der Waals surface area contributed by atoms with Gasteiger partial charge in [0, 0.05) is 6.04 Å². The second kappa shape index (κ2) is 2.49. The largest absolute Gasteiger partial charge is 0.327 e. The first kappa shape index (κ1) is 6.09. The zero-order chi connectivity index (χ0) is 5.98. The van der Waals surface area contributed by atoms with E-state index in [9.17, 15) is 0 Å². The van der Waals surface area contributed by atoms with Crippen LogP contribution in [0.25, 0.3) is 0 Å². The molecule has 0 aromatic carbocycles. The van der Waals surface area contributed by atoms with Gasteiger partial charge in [0.1, 0.15) is 0 Å². The Hall–Kier alpha value is -0.0400. The van der Waals surface area contributed by atoms with Gasteiger partial charge in [0.2, 0.25) is 0 Å². The van der Waals surface area contributed by atoms with Crippen LogP contribution in [0.15, 0.2) is 0 Å². The molecule has 1 fully saturated rings. The Kier molecular flexibility index (Phi) is 1.90. The maximum absolute atomic E-state index is 5.71. The van der Waals surface area contributed by atoms with Crippen LogP contribution < -0.4 is 5.73 Å². The van der Waals surface area contributed by atoms with E-state index in [2.05, 4.69) is 6.92 Å². The van der Waals surface area contributed by atoms with Gasteiger partial charge in [-0.1, -0.05) is 13.3 Å². The molecular weight excluding hydrogens is 98.1 g/mol. The van der Waals surface area contributed by atoms with Crippen molar-refractivity contribution in [1.82, 2.24) is 0 Å². The van der Waals surface area contributed by atoms with Crippen molar-refractivity contribution in [1.29, 1.82) is 0 Å². The molecule has 0 radical (unpaired) electrons. The monoisotopic (exact) mass is 113 g/mol. The third kappa shape index (κ3) is 1.03. The predicted molar refractivity (Wildman–Crippen MR) is 35.6 cm³/mol. The lowest BCUT2D eigenvalue weighted by molar-refractivity contribution is 0.239. The molecule has 1 heteroatoms. The van der Waals surface area contributed by atoms with Crippen LogP contribution in [0.4, 0.5) is 0 Å². The molecule has 0 spiro atoms. The molecule has 1 saturated carbocycles. The second-order valence-corrected chi connectivity index (χ2v) is 2.79. The van der Waals surface area contributed by atoms with E-state index in [4.69, 9.17) is 5.73 Å². The number of rotatable bonds is 2. The Morgan fingerprint density at radius 2 is 2.25 bits per heavy atom. The summed E-state index contributed by atoms with van der Waals surface area (Å²) in [6, 6.07) is 0.551. The van der Waals surface area contributed by atoms with Crippen LogP contribution in [0.3, 0.4) is 0 Å². The van der Waals surface area contributed by atoms with Crippen LogP contribution in [0.5, 0.6) is 0 Å². The van der Waals surface area contributed by atoms with Crippen molar-refractivity contribution < 1.29 is 0 Å². The van der Waals surface area contributed by atoms with E-state index in [0.29, 0.717) is 6.04 Å². The van der Waals surface area contributed by atoms with Gasteiger partial charge in [-0.3, -0.25) is 0 Å². The summed E-state index contributed by atoms with van der Waals surface area (Å²) in [6.07, 6.45) is 5.30. The normalized spacial score (nSPS) is 36.8. The van der Waals surface area contributed by atoms with Gasteiger partial charge in [-0.05, 0) is 25.2 Å². The topological polar surface area (TPSA) is 26.0 Å². The highest BCUT2D eigenvalue weighted by Gasteiger charge is 2.25. The predicted octanol–water partition coefficient (Wildman–Crippen LogP) is 1.52. The van der Waals surface area contributed by atoms with Crippen molar-refractivity contribution in [3.63, 3.8) is 0 Å². The Morgan fingerprint density at radius 3 is 2.38 bits per heavy atom. The van der Waals surface area contributed by atoms with E-state index in [-0.39, 0.29) is 0 Å². The first-order chi connectivity index (χ1) is 3.84. The molecule has 48 valence electrons. The SMILES string of the molecule is CCCC1CCC1N. The molecule has 1 aliphatic carbocycles. The third-order valence-corrected chi connectivity index (χ3v) is 2.14. The Balaban J connectivity index is 2.08. The molecule has 0 aromatic rings. The summed E-state index contributed by atoms with van der Waals surface area (Å²) < 4.78 is 0. The Morgan fingerprint density at radius 1 is 1.50 bits per heavy atom. The highest BCUT2D eigenvalue weighted by Crippen LogP contribution is 2.29. The van der Waals surface area contributed by atoms with Crippen molar-refractivity contribution >= 4 is 0 Å². The average molecular weight is 113 g/mol. The minimum Gasteiger partial charge on any atom is -0.327 e. The fraction of sp³-hybridized carbons (Fsp3) is 1.00. The summed E-state index contributed by atoms with van der Waals surface area (Å²) in [5.41, 5.74) is 5.71. The van der Waals surface area contributed by atoms with Crippen molar-refractivity contribution in [3.05, 3.63) is 0 Å². The van der Waals surface area contributed by atoms with Gasteiger partial charge in [0.15, 0.2) is 0 Å². The lowest BCUT2D eigenvalue weighted by Crippen LogP contribution is -2.38. The number of nitrogens with two attached hydrogens (primary N) is 1. The van der Waals surface area contributed by atoms with E-state index < -0.39 is 0 Å². The van der Waals surface area contributed by atoms with Gasteiger partial charge in [-0.15, -0.1) is 0 Å². The fourth-order valence-electron chi connectivity index (χ4n) is 1.32. The number of hydrogen-bond donors (Lipinski definition) is 1. The lowest BCUT2D eigenvalue weighted by atomic mass is 9.78. The van der Waals surface area contributed by atoms with Gasteiger partial charge in [0.05, 0.1) is 0 Å². The van der Waals surface area contributed by atoms with Crippen molar-refractivity contribution in [2.45, 2.75) is 38.6 Å². The van der Waals surface area contributed by atoms with E-state index in [1.165, 1.54) is 25.7 Å². The van der Waals surface area contributed by atoms with Crippen LogP contribution in [0.1, 0.15) is 32.6 Å². The summed E-state index contributed by atoms with van der Waals surface area (Å²) in [5.74, 6) is 0.875. The van der Waals surface area contributed by atoms with Gasteiger partial charge in [0.25, 0.3) is 0 Å². The molecule has 0 amide bonds. The quantitative estimate of drug-likeness (QED) is 0.577. The van der Waals surface area contributed by atoms with Gasteiger partial charge in [-0.2, -0.15) is 0 Å². The van der Waals surface area contributed by atoms with Gasteiger partial charge < -0.3 is 5.73 Å². The smallest absolute Gasteiger partial charge is 0.00672 e. The molecule has 8 heavy (non-hydrogen) atoms. The minimum atomic E-state index is 0.551. The molecule has 2 unspecified atom stereocenters. The molecule has 2 N–H and O–H groups in total. The van der Waals surface area contributed by atoms with E-state index in [1.807, 2.05) is 0 Å². The van der Waals surface area contributed by atoms with Crippen molar-refractivity contribution in [2.24, 2.45) is 11.7 Å². The minimum absolute atomic E-state index is 0.551. The highest BCUT2D eigenvalue weighted by molar-refractivity contribution is 4.82. The molecule has 0 saturated heterocycles. The molecular formula is C7H15N. The lowest BCUT2D eigenvalue weighted by Gasteiger charge is -2.33. The maximum Gasteiger partial charge on any atom is 0.00672 e. The van der Waals surface area contributed by atoms with Crippen LogP contribution in [-0.4, -0.2) is 6.04 Å². The molecule has 0 aliphatic heterocycles. The van der Waals surface area contributed by atoms with E-state index in [1.54, 1.807) is 0 Å². The first-order valence-corrected chi connectivity index (χ1v) is 3.60. The van der Waals surface area contributed by atoms with Gasteiger partial charge in [-0.25, -0.2) is 0 Å². The molecule has 1 rings (SSSR count). The van der Waals surface area contributed by atoms with E-state index >= 15 is 0 Å². The molecule has 0 aromatic heterocycles. The summed E-state index contributed by atoms with van der Waals surface area (Å²) >= 11 is 0. The van der Waals surface area contributed by atoms with Crippen LogP contribution in [0.2, 0.25) is 0 Å². The maximum atomic E-state index is 5.71. The van der Waals surface area contributed by atoms with Gasteiger partial charge >= 0.3 is 0 Å². The van der Waals surface area contributed by atoms with Crippen molar-refractivity contribution in [2.75, 3.05) is 0 Å². The molecule has 0 heterocycles. The molecule has 1 aliphatic rings. The molecule has 0 bridgehead atoms. The van der Waals surface area contributed by atoms with Crippen LogP contribution in [-0.2, 0) is 0 Å². The summed E-state index contributed by atoms with van der Waals surface area (Å²) in [7, 11) is 0. The number of hydrogen-bond acceptors (Lipinski definition) is 1. The van der Waals surface area contributed by atoms with Crippen LogP contribution in [0, 0.1) is 5.92 Å². The highest BCUT2D eigenvalue weighted by atomic mass is 14.7. The fourth-order valence-corrected chi connectivity index (χ4v) is 1.32. The summed E-state index contributed by atoms with van der Waals surface area (Å²) in [4.78, 5) is 0. The standard InChI is InChI=1S/C7H15N/c1-2-3-6-4-5-7(6)8/h6-7H,2-5,8H2,1H3. The zero-order valence-corrected chi connectivity index (χ0v) is 5.56. The van der Waals surface area contributed by atoms with Crippen LogP contribution >= 0.6 is 0 Å². The average Bonchev–Trinajstić information content (AvgIpc) is 1.79. The third-order valence-electron chi connectivity index (χ3n) is 2.14. The van der Waals surface area contributed by atoms with Crippen molar-refractivity contribution in [3.8, 4) is 0 Å². The Bertz CT molecular complexity index is 70.8. The second-order valence-electron chi connectivity index (χ2n) is 2.79. The summed E-state index contributed by atoms with van der Waals surface area (Å²) in [6.45, 7) is 2.23.